The predicted octanol–water partition coefficient (Wildman–Crippen LogP) is 1.74. The maximum absolute atomic E-state index is 12.4. The molecule has 0 bridgehead atoms. The zero-order valence-corrected chi connectivity index (χ0v) is 13.1. The molecule has 7 nitrogen and oxygen atoms in total. The van der Waals surface area contributed by atoms with Gasteiger partial charge in [-0.05, 0) is 5.92 Å². The van der Waals surface area contributed by atoms with Crippen molar-refractivity contribution in [2.45, 2.75) is 24.9 Å². The first-order valence-electron chi connectivity index (χ1n) is 6.28. The van der Waals surface area contributed by atoms with Gasteiger partial charge < -0.3 is 0 Å². The molecule has 22 heavy (non-hydrogen) atoms. The molecule has 2 rings (SSSR count). The normalized spacial score (nSPS) is 13.7. The summed E-state index contributed by atoms with van der Waals surface area (Å²) in [5.74, 6) is -0.0733. The van der Waals surface area contributed by atoms with E-state index in [-0.39, 0.29) is 22.0 Å². The summed E-state index contributed by atoms with van der Waals surface area (Å²) in [6.07, 6.45) is 4.77. The van der Waals surface area contributed by atoms with E-state index in [1.165, 1.54) is 6.20 Å². The Balaban J connectivity index is 1.93. The molecular formula is C11H14ClF2N5O2S. The Bertz CT molecular complexity index is 730. The van der Waals surface area contributed by atoms with E-state index in [1.54, 1.807) is 10.9 Å². The average molecular weight is 354 g/mol. The Labute approximate surface area is 130 Å². The van der Waals surface area contributed by atoms with Crippen molar-refractivity contribution in [2.24, 2.45) is 5.92 Å². The van der Waals surface area contributed by atoms with Gasteiger partial charge in [0.2, 0.25) is 10.0 Å². The van der Waals surface area contributed by atoms with Crippen LogP contribution in [0.4, 0.5) is 8.78 Å². The van der Waals surface area contributed by atoms with Crippen LogP contribution < -0.4 is 4.72 Å². The molecule has 0 radical (unpaired) electrons. The molecule has 2 aromatic heterocycles. The molecule has 11 heteroatoms. The number of hydrogen-bond acceptors (Lipinski definition) is 4. The molecule has 2 heterocycles. The highest BCUT2D eigenvalue weighted by Gasteiger charge is 2.19. The lowest BCUT2D eigenvalue weighted by Gasteiger charge is -2.12. The van der Waals surface area contributed by atoms with Crippen molar-refractivity contribution < 1.29 is 17.2 Å². The van der Waals surface area contributed by atoms with E-state index in [1.807, 2.05) is 6.92 Å². The van der Waals surface area contributed by atoms with Crippen LogP contribution in [0.2, 0.25) is 5.02 Å². The highest BCUT2D eigenvalue weighted by molar-refractivity contribution is 7.89. The maximum atomic E-state index is 12.4. The van der Waals surface area contributed by atoms with E-state index in [4.69, 9.17) is 11.6 Å². The Kier molecular flexibility index (Phi) is 5.14. The standard InChI is InChI=1S/C11H14ClF2N5O2S/c1-8(5-18-6-9(12)3-15-18)2-17-22(20,21)10-4-16-19(7-10)11(13)14/h3-4,6-8,11,17H,2,5H2,1H3. The highest BCUT2D eigenvalue weighted by Crippen LogP contribution is 2.14. The number of sulfonamides is 1. The summed E-state index contributed by atoms with van der Waals surface area (Å²) >= 11 is 5.74. The summed E-state index contributed by atoms with van der Waals surface area (Å²) in [7, 11) is -3.88. The Morgan fingerprint density at radius 1 is 1.32 bits per heavy atom. The largest absolute Gasteiger partial charge is 0.333 e. The summed E-state index contributed by atoms with van der Waals surface area (Å²) in [6.45, 7) is -0.473. The van der Waals surface area contributed by atoms with Crippen molar-refractivity contribution in [3.63, 3.8) is 0 Å². The minimum absolute atomic E-state index is 0.0733. The van der Waals surface area contributed by atoms with E-state index in [0.717, 1.165) is 12.4 Å². The van der Waals surface area contributed by atoms with E-state index < -0.39 is 16.6 Å². The van der Waals surface area contributed by atoms with Crippen LogP contribution in [0.15, 0.2) is 29.7 Å². The summed E-state index contributed by atoms with van der Waals surface area (Å²) < 4.78 is 53.0. The number of nitrogens with one attached hydrogen (secondary N) is 1. The van der Waals surface area contributed by atoms with E-state index in [0.29, 0.717) is 11.6 Å². The summed E-state index contributed by atoms with van der Waals surface area (Å²) in [6, 6.07) is 0. The maximum Gasteiger partial charge on any atom is 0.333 e. The van der Waals surface area contributed by atoms with Gasteiger partial charge in [-0.3, -0.25) is 4.68 Å². The number of hydrogen-bond donors (Lipinski definition) is 1. The van der Waals surface area contributed by atoms with Gasteiger partial charge in [0, 0.05) is 19.3 Å². The monoisotopic (exact) mass is 353 g/mol. The SMILES string of the molecule is CC(CNS(=O)(=O)c1cnn(C(F)F)c1)Cn1cc(Cl)cn1. The van der Waals surface area contributed by atoms with Crippen LogP contribution in [0.1, 0.15) is 13.5 Å². The van der Waals surface area contributed by atoms with E-state index >= 15 is 0 Å². The molecule has 0 aliphatic carbocycles. The first-order chi connectivity index (χ1) is 10.3. The number of nitrogens with zero attached hydrogens (tertiary/aromatic N) is 4. The lowest BCUT2D eigenvalue weighted by Crippen LogP contribution is -2.30. The van der Waals surface area contributed by atoms with E-state index in [9.17, 15) is 17.2 Å². The molecular weight excluding hydrogens is 340 g/mol. The van der Waals surface area contributed by atoms with Gasteiger partial charge in [-0.1, -0.05) is 18.5 Å². The highest BCUT2D eigenvalue weighted by atomic mass is 35.5. The zero-order chi connectivity index (χ0) is 16.3. The molecule has 2 aromatic rings. The third-order valence-electron chi connectivity index (χ3n) is 2.81. The van der Waals surface area contributed by atoms with Crippen LogP contribution in [0, 0.1) is 5.92 Å². The molecule has 0 aliphatic heterocycles. The molecule has 0 amide bonds. The molecule has 1 N–H and O–H groups in total. The molecule has 0 fully saturated rings. The average Bonchev–Trinajstić information content (AvgIpc) is 3.06. The minimum Gasteiger partial charge on any atom is -0.271 e. The van der Waals surface area contributed by atoms with Gasteiger partial charge in [0.05, 0.1) is 23.6 Å². The van der Waals surface area contributed by atoms with Crippen molar-refractivity contribution in [1.82, 2.24) is 24.3 Å². The van der Waals surface area contributed by atoms with Crippen LogP contribution in [0.5, 0.6) is 0 Å². The minimum atomic E-state index is -3.88. The van der Waals surface area contributed by atoms with Crippen molar-refractivity contribution in [3.8, 4) is 0 Å². The number of halogens is 3. The first-order valence-corrected chi connectivity index (χ1v) is 8.14. The van der Waals surface area contributed by atoms with Gasteiger partial charge in [-0.15, -0.1) is 0 Å². The number of aromatic nitrogens is 4. The van der Waals surface area contributed by atoms with Crippen LogP contribution >= 0.6 is 11.6 Å². The van der Waals surface area contributed by atoms with Crippen molar-refractivity contribution >= 4 is 21.6 Å². The lowest BCUT2D eigenvalue weighted by atomic mass is 10.2. The molecule has 0 saturated heterocycles. The molecule has 0 spiro atoms. The van der Waals surface area contributed by atoms with E-state index in [2.05, 4.69) is 14.9 Å². The summed E-state index contributed by atoms with van der Waals surface area (Å²) in [5, 5.41) is 7.78. The fourth-order valence-corrected chi connectivity index (χ4v) is 2.98. The number of alkyl halides is 2. The summed E-state index contributed by atoms with van der Waals surface area (Å²) in [4.78, 5) is -0.304. The summed E-state index contributed by atoms with van der Waals surface area (Å²) in [5.41, 5.74) is 0. The molecule has 1 unspecified atom stereocenters. The van der Waals surface area contributed by atoms with Crippen LogP contribution in [0.3, 0.4) is 0 Å². The Morgan fingerprint density at radius 3 is 2.59 bits per heavy atom. The molecule has 0 saturated carbocycles. The van der Waals surface area contributed by atoms with Gasteiger partial charge in [-0.25, -0.2) is 17.8 Å². The number of rotatable bonds is 7. The smallest absolute Gasteiger partial charge is 0.271 e. The fourth-order valence-electron chi connectivity index (χ4n) is 1.72. The molecule has 1 atom stereocenters. The van der Waals surface area contributed by atoms with Crippen molar-refractivity contribution in [3.05, 3.63) is 29.8 Å². The second-order valence-corrected chi connectivity index (χ2v) is 6.97. The first kappa shape index (κ1) is 16.8. The van der Waals surface area contributed by atoms with Gasteiger partial charge >= 0.3 is 6.55 Å². The van der Waals surface area contributed by atoms with Crippen LogP contribution in [-0.2, 0) is 16.6 Å². The van der Waals surface area contributed by atoms with Gasteiger partial charge in [0.15, 0.2) is 0 Å². The quantitative estimate of drug-likeness (QED) is 0.822. The Morgan fingerprint density at radius 2 is 2.05 bits per heavy atom. The lowest BCUT2D eigenvalue weighted by molar-refractivity contribution is 0.0564. The second kappa shape index (κ2) is 6.71. The van der Waals surface area contributed by atoms with Crippen molar-refractivity contribution in [2.75, 3.05) is 6.54 Å². The molecule has 0 aliphatic rings. The Hall–Kier alpha value is -1.52. The van der Waals surface area contributed by atoms with Crippen molar-refractivity contribution in [1.29, 1.82) is 0 Å². The third kappa shape index (κ3) is 4.24. The third-order valence-corrected chi connectivity index (χ3v) is 4.38. The topological polar surface area (TPSA) is 81.8 Å². The zero-order valence-electron chi connectivity index (χ0n) is 11.5. The molecule has 122 valence electrons. The fraction of sp³-hybridized carbons (Fsp3) is 0.455. The van der Waals surface area contributed by atoms with Crippen LogP contribution in [-0.4, -0.2) is 34.5 Å². The second-order valence-electron chi connectivity index (χ2n) is 4.77. The molecule has 0 aromatic carbocycles. The van der Waals surface area contributed by atoms with Crippen LogP contribution in [0.25, 0.3) is 0 Å². The van der Waals surface area contributed by atoms with Gasteiger partial charge in [-0.2, -0.15) is 19.0 Å². The van der Waals surface area contributed by atoms with Gasteiger partial charge in [0.25, 0.3) is 0 Å². The predicted molar refractivity (Wildman–Crippen MR) is 75.1 cm³/mol. The van der Waals surface area contributed by atoms with Gasteiger partial charge in [0.1, 0.15) is 4.90 Å².